The predicted molar refractivity (Wildman–Crippen MR) is 245 cm³/mol. The molecule has 5 atom stereocenters. The normalized spacial score (nSPS) is 14.4. The van der Waals surface area contributed by atoms with Gasteiger partial charge in [-0.3, -0.25) is 18.7 Å². The van der Waals surface area contributed by atoms with Crippen LogP contribution in [0.5, 0.6) is 5.75 Å². The SMILES string of the molecule is C#CC(COP(=O)(N[C@@H](C)C(=O)OCC(CC)CC)Oc1ccccc1)[C@H](C[C@@H](O)n1cnc2c(N)nc(F)nc21)OC(=O)CCCCCCCCCCCCCCCCCCC. The number of anilines is 1. The summed E-state index contributed by atoms with van der Waals surface area (Å²) >= 11 is 0. The van der Waals surface area contributed by atoms with Gasteiger partial charge < -0.3 is 24.8 Å². The van der Waals surface area contributed by atoms with Crippen LogP contribution in [0.25, 0.3) is 11.2 Å². The lowest BCUT2D eigenvalue weighted by Crippen LogP contribution is -2.37. The van der Waals surface area contributed by atoms with Crippen molar-refractivity contribution in [3.8, 4) is 18.1 Å². The van der Waals surface area contributed by atoms with Gasteiger partial charge in [-0.05, 0) is 31.4 Å². The molecule has 0 radical (unpaired) electrons. The summed E-state index contributed by atoms with van der Waals surface area (Å²) in [6, 6.07) is 7.14. The first-order chi connectivity index (χ1) is 30.4. The summed E-state index contributed by atoms with van der Waals surface area (Å²) in [6.45, 7) is 7.47. The van der Waals surface area contributed by atoms with Gasteiger partial charge in [-0.15, -0.1) is 6.42 Å². The standard InChI is InChI=1S/C47H74FN6O8P/c1-6-10-11-12-13-14-15-16-17-18-19-20-21-22-23-24-28-31-42(56)61-40(32-41(55)54-35-50-43-44(49)51-47(48)52-45(43)54)38(9-4)34-60-63(58,62-39-29-26-25-27-30-39)53-36(5)46(57)59-33-37(7-2)8-3/h4,25-27,29-30,35-38,40-41,55H,6-8,10-24,28,31-34H2,1-3,5H3,(H,53,58)(H2,49,51,52)/t36-,38?,40-,41+,63?/m0/s1. The number of aromatic nitrogens is 4. The first-order valence-electron chi connectivity index (χ1n) is 23.4. The van der Waals surface area contributed by atoms with E-state index in [1.165, 1.54) is 101 Å². The molecule has 0 saturated heterocycles. The maximum Gasteiger partial charge on any atom is 0.459 e. The third kappa shape index (κ3) is 20.1. The van der Waals surface area contributed by atoms with E-state index in [0.717, 1.165) is 32.1 Å². The van der Waals surface area contributed by atoms with Gasteiger partial charge in [0.15, 0.2) is 17.0 Å². The number of nitrogens with one attached hydrogen (secondary N) is 1. The minimum Gasteiger partial charge on any atom is -0.464 e. The number of ether oxygens (including phenoxy) is 2. The van der Waals surface area contributed by atoms with Gasteiger partial charge in [-0.25, -0.2) is 9.55 Å². The molecule has 4 N–H and O–H groups in total. The second-order valence-electron chi connectivity index (χ2n) is 16.5. The van der Waals surface area contributed by atoms with Crippen molar-refractivity contribution in [2.45, 2.75) is 181 Å². The average molecular weight is 901 g/mol. The molecule has 0 bridgehead atoms. The topological polar surface area (TPSA) is 190 Å². The van der Waals surface area contributed by atoms with Crippen molar-refractivity contribution in [1.29, 1.82) is 0 Å². The monoisotopic (exact) mass is 901 g/mol. The number of benzene rings is 1. The Bertz CT molecular complexity index is 1840. The van der Waals surface area contributed by atoms with Crippen molar-refractivity contribution in [3.63, 3.8) is 0 Å². The van der Waals surface area contributed by atoms with E-state index in [2.05, 4.69) is 32.9 Å². The Morgan fingerprint density at radius 2 is 1.46 bits per heavy atom. The number of aliphatic hydroxyl groups is 1. The summed E-state index contributed by atoms with van der Waals surface area (Å²) < 4.78 is 52.9. The molecule has 0 amide bonds. The van der Waals surface area contributed by atoms with Crippen LogP contribution in [0.3, 0.4) is 0 Å². The second-order valence-corrected chi connectivity index (χ2v) is 18.2. The highest BCUT2D eigenvalue weighted by Gasteiger charge is 2.36. The highest BCUT2D eigenvalue weighted by Crippen LogP contribution is 2.45. The molecule has 0 saturated carbocycles. The minimum absolute atomic E-state index is 0.0669. The molecular weight excluding hydrogens is 827 g/mol. The van der Waals surface area contributed by atoms with Crippen molar-refractivity contribution < 1.29 is 42.2 Å². The largest absolute Gasteiger partial charge is 0.464 e. The van der Waals surface area contributed by atoms with Gasteiger partial charge in [0.25, 0.3) is 0 Å². The summed E-state index contributed by atoms with van der Waals surface area (Å²) in [6.07, 6.45) is 25.5. The second kappa shape index (κ2) is 30.1. The summed E-state index contributed by atoms with van der Waals surface area (Å²) in [5.41, 5.74) is 5.83. The number of para-hydroxylation sites is 1. The zero-order valence-corrected chi connectivity index (χ0v) is 39.1. The number of terminal acetylenes is 1. The maximum atomic E-state index is 14.4. The Kier molecular flexibility index (Phi) is 25.5. The number of imidazole rings is 1. The van der Waals surface area contributed by atoms with Gasteiger partial charge in [0, 0.05) is 12.8 Å². The summed E-state index contributed by atoms with van der Waals surface area (Å²) in [5, 5.41) is 14.1. The molecule has 2 unspecified atom stereocenters. The van der Waals surface area contributed by atoms with Crippen LogP contribution >= 0.6 is 7.75 Å². The number of aliphatic hydroxyl groups excluding tert-OH is 1. The third-order valence-electron chi connectivity index (χ3n) is 11.3. The highest BCUT2D eigenvalue weighted by molar-refractivity contribution is 7.52. The molecule has 0 aliphatic rings. The quantitative estimate of drug-likeness (QED) is 0.0166. The predicted octanol–water partition coefficient (Wildman–Crippen LogP) is 10.8. The molecule has 0 spiro atoms. The molecule has 3 aromatic rings. The molecule has 0 fully saturated rings. The molecule has 16 heteroatoms. The average Bonchev–Trinajstić information content (AvgIpc) is 3.70. The van der Waals surface area contributed by atoms with Crippen LogP contribution in [0, 0.1) is 30.3 Å². The summed E-state index contributed by atoms with van der Waals surface area (Å²) in [7, 11) is -4.36. The fraction of sp³-hybridized carbons (Fsp3) is 0.681. The van der Waals surface area contributed by atoms with Crippen molar-refractivity contribution in [1.82, 2.24) is 24.6 Å². The molecule has 2 aromatic heterocycles. The number of carbonyl (C=O) groups is 2. The van der Waals surface area contributed by atoms with E-state index in [0.29, 0.717) is 6.42 Å². The maximum absolute atomic E-state index is 14.4. The van der Waals surface area contributed by atoms with E-state index in [1.807, 2.05) is 13.8 Å². The van der Waals surface area contributed by atoms with Crippen molar-refractivity contribution in [2.24, 2.45) is 11.8 Å². The lowest BCUT2D eigenvalue weighted by atomic mass is 10.0. The Morgan fingerprint density at radius 3 is 2.02 bits per heavy atom. The number of nitrogens with two attached hydrogens (primary N) is 1. The van der Waals surface area contributed by atoms with Crippen molar-refractivity contribution >= 4 is 36.7 Å². The van der Waals surface area contributed by atoms with E-state index in [4.69, 9.17) is 30.7 Å². The first-order valence-corrected chi connectivity index (χ1v) is 24.9. The van der Waals surface area contributed by atoms with E-state index in [1.54, 1.807) is 30.3 Å². The molecule has 1 aromatic carbocycles. The lowest BCUT2D eigenvalue weighted by molar-refractivity contribution is -0.154. The minimum atomic E-state index is -4.36. The number of fused-ring (bicyclic) bond motifs is 1. The summed E-state index contributed by atoms with van der Waals surface area (Å²) in [5.74, 6) is 0.427. The molecule has 3 rings (SSSR count). The molecule has 63 heavy (non-hydrogen) atoms. The van der Waals surface area contributed by atoms with Crippen LogP contribution in [0.4, 0.5) is 10.2 Å². The number of hydrogen-bond acceptors (Lipinski definition) is 12. The molecule has 2 heterocycles. The van der Waals surface area contributed by atoms with Gasteiger partial charge in [0.1, 0.15) is 24.1 Å². The fourth-order valence-electron chi connectivity index (χ4n) is 7.26. The van der Waals surface area contributed by atoms with Gasteiger partial charge in [-0.2, -0.15) is 19.4 Å². The number of hydrogen-bond donors (Lipinski definition) is 3. The van der Waals surface area contributed by atoms with Crippen LogP contribution in [-0.2, 0) is 28.2 Å². The first kappa shape index (κ1) is 53.2. The smallest absolute Gasteiger partial charge is 0.459 e. The van der Waals surface area contributed by atoms with Crippen LogP contribution < -0.4 is 15.3 Å². The Labute approximate surface area is 375 Å². The zero-order chi connectivity index (χ0) is 45.9. The Morgan fingerprint density at radius 1 is 0.889 bits per heavy atom. The summed E-state index contributed by atoms with van der Waals surface area (Å²) in [4.78, 5) is 37.7. The number of carbonyl (C=O) groups excluding carboxylic acids is 2. The van der Waals surface area contributed by atoms with Gasteiger partial charge in [0.2, 0.25) is 0 Å². The molecule has 14 nitrogen and oxygen atoms in total. The molecule has 0 aliphatic carbocycles. The fourth-order valence-corrected chi connectivity index (χ4v) is 8.77. The van der Waals surface area contributed by atoms with Crippen LogP contribution in [-0.4, -0.2) is 61.9 Å². The number of halogens is 1. The molecular formula is C47H74FN6O8P. The van der Waals surface area contributed by atoms with E-state index in [-0.39, 0.29) is 48.1 Å². The number of nitrogen functional groups attached to an aromatic ring is 1. The number of unbranched alkanes of at least 4 members (excludes halogenated alkanes) is 16. The molecule has 352 valence electrons. The van der Waals surface area contributed by atoms with Crippen LogP contribution in [0.1, 0.15) is 169 Å². The lowest BCUT2D eigenvalue weighted by Gasteiger charge is -2.28. The van der Waals surface area contributed by atoms with E-state index in [9.17, 15) is 23.7 Å². The Hall–Kier alpha value is -4.09. The van der Waals surface area contributed by atoms with Crippen LogP contribution in [0.15, 0.2) is 36.7 Å². The molecule has 0 aliphatic heterocycles. The van der Waals surface area contributed by atoms with Gasteiger partial charge >= 0.3 is 25.8 Å². The van der Waals surface area contributed by atoms with Crippen molar-refractivity contribution in [3.05, 3.63) is 42.7 Å². The third-order valence-corrected chi connectivity index (χ3v) is 13.0. The van der Waals surface area contributed by atoms with Gasteiger partial charge in [-0.1, -0.05) is 160 Å². The number of rotatable bonds is 35. The van der Waals surface area contributed by atoms with Crippen molar-refractivity contribution in [2.75, 3.05) is 18.9 Å². The Balaban J connectivity index is 1.61. The zero-order valence-electron chi connectivity index (χ0n) is 38.2. The number of esters is 2. The van der Waals surface area contributed by atoms with Crippen LogP contribution in [0.2, 0.25) is 0 Å². The van der Waals surface area contributed by atoms with E-state index >= 15 is 0 Å². The highest BCUT2D eigenvalue weighted by atomic mass is 31.2. The number of nitrogens with zero attached hydrogens (tertiary/aromatic N) is 4. The van der Waals surface area contributed by atoms with Gasteiger partial charge in [0.05, 0.1) is 25.5 Å². The van der Waals surface area contributed by atoms with E-state index < -0.39 is 56.7 Å².